The highest BCUT2D eigenvalue weighted by atomic mass is 32.2. The predicted molar refractivity (Wildman–Crippen MR) is 89.5 cm³/mol. The molecule has 1 heterocycles. The normalized spacial score (nSPS) is 15.0. The molecule has 2 aromatic rings. The predicted octanol–water partition coefficient (Wildman–Crippen LogP) is 2.81. The van der Waals surface area contributed by atoms with Crippen LogP contribution in [0.2, 0.25) is 0 Å². The lowest BCUT2D eigenvalue weighted by Crippen LogP contribution is -2.25. The zero-order chi connectivity index (χ0) is 16.8. The molecular weight excluding hydrogens is 310 g/mol. The third-order valence-corrected chi connectivity index (χ3v) is 6.47. The van der Waals surface area contributed by atoms with Gasteiger partial charge in [-0.2, -0.15) is 4.31 Å². The second-order valence-corrected chi connectivity index (χ2v) is 8.12. The Morgan fingerprint density at radius 1 is 1.04 bits per heavy atom. The molecule has 4 nitrogen and oxygen atoms in total. The van der Waals surface area contributed by atoms with Gasteiger partial charge in [0.05, 0.1) is 11.5 Å². The van der Waals surface area contributed by atoms with Crippen LogP contribution in [0.15, 0.2) is 35.2 Å². The zero-order valence-electron chi connectivity index (χ0n) is 13.6. The van der Waals surface area contributed by atoms with E-state index >= 15 is 0 Å². The Hall–Kier alpha value is -1.69. The van der Waals surface area contributed by atoms with Crippen molar-refractivity contribution >= 4 is 10.0 Å². The van der Waals surface area contributed by atoms with Crippen LogP contribution < -0.4 is 0 Å². The quantitative estimate of drug-likeness (QED) is 0.941. The average molecular weight is 331 g/mol. The molecule has 23 heavy (non-hydrogen) atoms. The summed E-state index contributed by atoms with van der Waals surface area (Å²) in [5, 5.41) is 9.47. The van der Waals surface area contributed by atoms with E-state index in [1.165, 1.54) is 4.31 Å². The molecule has 0 aromatic heterocycles. The molecule has 1 N–H and O–H groups in total. The number of aliphatic hydroxyl groups is 1. The molecule has 5 heteroatoms. The van der Waals surface area contributed by atoms with Crippen molar-refractivity contribution in [3.63, 3.8) is 0 Å². The van der Waals surface area contributed by atoms with Gasteiger partial charge in [0.15, 0.2) is 0 Å². The Bertz CT molecular complexity index is 855. The van der Waals surface area contributed by atoms with Crippen LogP contribution in [0, 0.1) is 20.8 Å². The summed E-state index contributed by atoms with van der Waals surface area (Å²) in [7, 11) is -3.51. The minimum atomic E-state index is -3.51. The van der Waals surface area contributed by atoms with Crippen molar-refractivity contribution in [2.45, 2.75) is 45.4 Å². The summed E-state index contributed by atoms with van der Waals surface area (Å²) in [4.78, 5) is 0.327. The maximum Gasteiger partial charge on any atom is 0.243 e. The summed E-state index contributed by atoms with van der Waals surface area (Å²) in [5.41, 5.74) is 6.04. The summed E-state index contributed by atoms with van der Waals surface area (Å²) in [6.07, 6.45) is 0. The van der Waals surface area contributed by atoms with E-state index in [1.807, 2.05) is 39.0 Å². The SMILES string of the molecule is Cc1ccc(S(=O)(=O)N2Cc3c(C)cc(CO)c(C)c3C2)cc1. The highest BCUT2D eigenvalue weighted by Crippen LogP contribution is 2.34. The van der Waals surface area contributed by atoms with Crippen LogP contribution in [0.1, 0.15) is 33.4 Å². The first-order valence-electron chi connectivity index (χ1n) is 7.63. The summed E-state index contributed by atoms with van der Waals surface area (Å²) < 4.78 is 27.3. The first kappa shape index (κ1) is 16.2. The van der Waals surface area contributed by atoms with Crippen LogP contribution in [0.25, 0.3) is 0 Å². The van der Waals surface area contributed by atoms with E-state index in [4.69, 9.17) is 0 Å². The van der Waals surface area contributed by atoms with Gasteiger partial charge in [0.2, 0.25) is 10.0 Å². The molecular formula is C18H21NO3S. The lowest BCUT2D eigenvalue weighted by Gasteiger charge is -2.16. The Labute approximate surface area is 137 Å². The molecule has 0 bridgehead atoms. The van der Waals surface area contributed by atoms with E-state index in [0.29, 0.717) is 18.0 Å². The van der Waals surface area contributed by atoms with E-state index in [9.17, 15) is 13.5 Å². The number of fused-ring (bicyclic) bond motifs is 1. The molecule has 0 unspecified atom stereocenters. The lowest BCUT2D eigenvalue weighted by molar-refractivity contribution is 0.281. The topological polar surface area (TPSA) is 57.6 Å². The minimum absolute atomic E-state index is 0.0231. The van der Waals surface area contributed by atoms with Crippen LogP contribution >= 0.6 is 0 Å². The fourth-order valence-corrected chi connectivity index (χ4v) is 4.53. The van der Waals surface area contributed by atoms with Crippen LogP contribution in [0.3, 0.4) is 0 Å². The third kappa shape index (κ3) is 2.69. The number of hydrogen-bond acceptors (Lipinski definition) is 3. The Morgan fingerprint density at radius 2 is 1.65 bits per heavy atom. The van der Waals surface area contributed by atoms with E-state index in [1.54, 1.807) is 12.1 Å². The third-order valence-electron chi connectivity index (χ3n) is 4.66. The second kappa shape index (κ2) is 5.74. The Balaban J connectivity index is 2.00. The molecule has 3 rings (SSSR count). The van der Waals surface area contributed by atoms with Gasteiger partial charge in [-0.15, -0.1) is 0 Å². The molecule has 0 fully saturated rings. The van der Waals surface area contributed by atoms with Crippen molar-refractivity contribution in [3.05, 3.63) is 63.7 Å². The molecule has 0 amide bonds. The average Bonchev–Trinajstić information content (AvgIpc) is 2.98. The minimum Gasteiger partial charge on any atom is -0.392 e. The maximum atomic E-state index is 12.9. The van der Waals surface area contributed by atoms with Gasteiger partial charge < -0.3 is 5.11 Å². The molecule has 0 radical (unpaired) electrons. The van der Waals surface area contributed by atoms with E-state index in [0.717, 1.165) is 33.4 Å². The van der Waals surface area contributed by atoms with Gasteiger partial charge in [-0.25, -0.2) is 8.42 Å². The summed E-state index contributed by atoms with van der Waals surface area (Å²) in [5.74, 6) is 0. The first-order valence-corrected chi connectivity index (χ1v) is 9.07. The molecule has 0 saturated carbocycles. The molecule has 0 atom stereocenters. The molecule has 0 saturated heterocycles. The molecule has 1 aliphatic rings. The maximum absolute atomic E-state index is 12.9. The van der Waals surface area contributed by atoms with E-state index < -0.39 is 10.0 Å². The number of nitrogens with zero attached hydrogens (tertiary/aromatic N) is 1. The summed E-state index contributed by atoms with van der Waals surface area (Å²) >= 11 is 0. The number of hydrogen-bond donors (Lipinski definition) is 1. The van der Waals surface area contributed by atoms with Crippen LogP contribution in [-0.4, -0.2) is 17.8 Å². The van der Waals surface area contributed by atoms with Crippen molar-refractivity contribution in [1.82, 2.24) is 4.31 Å². The van der Waals surface area contributed by atoms with Gasteiger partial charge in [0.25, 0.3) is 0 Å². The van der Waals surface area contributed by atoms with Crippen molar-refractivity contribution in [2.24, 2.45) is 0 Å². The largest absolute Gasteiger partial charge is 0.392 e. The van der Waals surface area contributed by atoms with Crippen molar-refractivity contribution < 1.29 is 13.5 Å². The van der Waals surface area contributed by atoms with Gasteiger partial charge in [-0.05, 0) is 60.7 Å². The van der Waals surface area contributed by atoms with Gasteiger partial charge >= 0.3 is 0 Å². The van der Waals surface area contributed by atoms with Crippen LogP contribution in [-0.2, 0) is 29.7 Å². The lowest BCUT2D eigenvalue weighted by atomic mass is 9.95. The molecule has 2 aromatic carbocycles. The Morgan fingerprint density at radius 3 is 2.26 bits per heavy atom. The molecule has 0 spiro atoms. The van der Waals surface area contributed by atoms with Gasteiger partial charge in [0, 0.05) is 13.1 Å². The van der Waals surface area contributed by atoms with Crippen LogP contribution in [0.5, 0.6) is 0 Å². The fourth-order valence-electron chi connectivity index (χ4n) is 3.15. The smallest absolute Gasteiger partial charge is 0.243 e. The van der Waals surface area contributed by atoms with Crippen molar-refractivity contribution in [2.75, 3.05) is 0 Å². The fraction of sp³-hybridized carbons (Fsp3) is 0.333. The first-order chi connectivity index (χ1) is 10.8. The molecule has 0 aliphatic carbocycles. The molecule has 122 valence electrons. The zero-order valence-corrected chi connectivity index (χ0v) is 14.4. The van der Waals surface area contributed by atoms with Crippen molar-refractivity contribution in [1.29, 1.82) is 0 Å². The van der Waals surface area contributed by atoms with Crippen LogP contribution in [0.4, 0.5) is 0 Å². The number of benzene rings is 2. The van der Waals surface area contributed by atoms with Gasteiger partial charge in [0.1, 0.15) is 0 Å². The highest BCUT2D eigenvalue weighted by Gasteiger charge is 2.32. The monoisotopic (exact) mass is 331 g/mol. The number of sulfonamides is 1. The van der Waals surface area contributed by atoms with E-state index in [-0.39, 0.29) is 6.61 Å². The van der Waals surface area contributed by atoms with Gasteiger partial charge in [-0.3, -0.25) is 0 Å². The van der Waals surface area contributed by atoms with E-state index in [2.05, 4.69) is 0 Å². The Kier molecular flexibility index (Phi) is 4.04. The number of aryl methyl sites for hydroxylation is 2. The van der Waals surface area contributed by atoms with Gasteiger partial charge in [-0.1, -0.05) is 23.8 Å². The standard InChI is InChI=1S/C18H21NO3S/c1-12-4-6-16(7-5-12)23(21,22)19-9-17-13(2)8-15(11-20)14(3)18(17)10-19/h4-8,20H,9-11H2,1-3H3. The number of aliphatic hydroxyl groups excluding tert-OH is 1. The summed E-state index contributed by atoms with van der Waals surface area (Å²) in [6.45, 7) is 6.59. The van der Waals surface area contributed by atoms with Crippen molar-refractivity contribution in [3.8, 4) is 0 Å². The second-order valence-electron chi connectivity index (χ2n) is 6.18. The molecule has 1 aliphatic heterocycles. The highest BCUT2D eigenvalue weighted by molar-refractivity contribution is 7.89. The summed E-state index contributed by atoms with van der Waals surface area (Å²) in [6, 6.07) is 8.90. The number of rotatable bonds is 3.